The van der Waals surface area contributed by atoms with E-state index >= 15 is 0 Å². The molecule has 0 saturated carbocycles. The molecule has 0 saturated heterocycles. The van der Waals surface area contributed by atoms with E-state index in [2.05, 4.69) is 10.6 Å². The lowest BCUT2D eigenvalue weighted by atomic mass is 10.2. The van der Waals surface area contributed by atoms with Crippen LogP contribution in [0.3, 0.4) is 0 Å². The van der Waals surface area contributed by atoms with Gasteiger partial charge in [-0.2, -0.15) is 0 Å². The lowest BCUT2D eigenvalue weighted by molar-refractivity contribution is -0.126. The molecule has 4 N–H and O–H groups in total. The predicted octanol–water partition coefficient (Wildman–Crippen LogP) is 0.800. The SMILES string of the molecule is CNC(=O)NC(=O)C(C)Oc1c(C)cccc1N. The van der Waals surface area contributed by atoms with Crippen molar-refractivity contribution in [2.24, 2.45) is 0 Å². The van der Waals surface area contributed by atoms with E-state index in [1.54, 1.807) is 19.1 Å². The summed E-state index contributed by atoms with van der Waals surface area (Å²) in [7, 11) is 1.42. The monoisotopic (exact) mass is 251 g/mol. The molecule has 0 radical (unpaired) electrons. The van der Waals surface area contributed by atoms with Crippen molar-refractivity contribution in [2.75, 3.05) is 12.8 Å². The highest BCUT2D eigenvalue weighted by molar-refractivity contribution is 5.96. The molecule has 0 aliphatic carbocycles. The van der Waals surface area contributed by atoms with Crippen molar-refractivity contribution < 1.29 is 14.3 Å². The van der Waals surface area contributed by atoms with Gasteiger partial charge in [-0.15, -0.1) is 0 Å². The Bertz CT molecular complexity index is 440. The first-order valence-corrected chi connectivity index (χ1v) is 5.50. The van der Waals surface area contributed by atoms with Gasteiger partial charge < -0.3 is 15.8 Å². The van der Waals surface area contributed by atoms with Crippen LogP contribution in [-0.2, 0) is 4.79 Å². The molecule has 0 heterocycles. The second-order valence-corrected chi connectivity index (χ2v) is 3.82. The molecule has 0 fully saturated rings. The molecule has 0 aliphatic heterocycles. The summed E-state index contributed by atoms with van der Waals surface area (Å²) in [6.45, 7) is 3.37. The molecule has 1 unspecified atom stereocenters. The van der Waals surface area contributed by atoms with Crippen molar-refractivity contribution in [3.8, 4) is 5.75 Å². The van der Waals surface area contributed by atoms with Crippen LogP contribution in [0.1, 0.15) is 12.5 Å². The van der Waals surface area contributed by atoms with E-state index in [1.807, 2.05) is 13.0 Å². The average Bonchev–Trinajstić information content (AvgIpc) is 2.33. The average molecular weight is 251 g/mol. The molecule has 1 aromatic rings. The molecule has 1 aromatic carbocycles. The summed E-state index contributed by atoms with van der Waals surface area (Å²) in [5.41, 5.74) is 7.04. The van der Waals surface area contributed by atoms with Crippen LogP contribution in [-0.4, -0.2) is 25.1 Å². The Morgan fingerprint density at radius 2 is 2.06 bits per heavy atom. The van der Waals surface area contributed by atoms with Crippen LogP contribution in [0.2, 0.25) is 0 Å². The van der Waals surface area contributed by atoms with Crippen molar-refractivity contribution in [1.29, 1.82) is 0 Å². The maximum Gasteiger partial charge on any atom is 0.321 e. The third-order valence-corrected chi connectivity index (χ3v) is 2.37. The van der Waals surface area contributed by atoms with Crippen LogP contribution in [0.4, 0.5) is 10.5 Å². The minimum Gasteiger partial charge on any atom is -0.478 e. The van der Waals surface area contributed by atoms with E-state index in [9.17, 15) is 9.59 Å². The van der Waals surface area contributed by atoms with Crippen LogP contribution in [0.5, 0.6) is 5.75 Å². The Labute approximate surface area is 105 Å². The Morgan fingerprint density at radius 1 is 1.39 bits per heavy atom. The molecule has 0 bridgehead atoms. The van der Waals surface area contributed by atoms with Crippen molar-refractivity contribution >= 4 is 17.6 Å². The van der Waals surface area contributed by atoms with E-state index in [0.717, 1.165) is 5.56 Å². The summed E-state index contributed by atoms with van der Waals surface area (Å²) in [6, 6.07) is 4.74. The predicted molar refractivity (Wildman–Crippen MR) is 68.3 cm³/mol. The quantitative estimate of drug-likeness (QED) is 0.693. The van der Waals surface area contributed by atoms with Crippen LogP contribution in [0, 0.1) is 6.92 Å². The topological polar surface area (TPSA) is 93.5 Å². The van der Waals surface area contributed by atoms with E-state index in [0.29, 0.717) is 11.4 Å². The molecule has 0 aliphatic rings. The zero-order valence-corrected chi connectivity index (χ0v) is 10.6. The summed E-state index contributed by atoms with van der Waals surface area (Å²) in [4.78, 5) is 22.6. The van der Waals surface area contributed by atoms with Crippen LogP contribution in [0.25, 0.3) is 0 Å². The number of nitrogens with one attached hydrogen (secondary N) is 2. The molecular formula is C12H17N3O3. The number of hydrogen-bond donors (Lipinski definition) is 3. The molecule has 0 aromatic heterocycles. The lowest BCUT2D eigenvalue weighted by Crippen LogP contribution is -2.44. The second-order valence-electron chi connectivity index (χ2n) is 3.82. The molecule has 98 valence electrons. The third-order valence-electron chi connectivity index (χ3n) is 2.37. The summed E-state index contributed by atoms with van der Waals surface area (Å²) in [6.07, 6.45) is -0.814. The normalized spacial score (nSPS) is 11.5. The van der Waals surface area contributed by atoms with Gasteiger partial charge in [0.2, 0.25) is 0 Å². The molecule has 1 rings (SSSR count). The fourth-order valence-corrected chi connectivity index (χ4v) is 1.34. The molecule has 18 heavy (non-hydrogen) atoms. The van der Waals surface area contributed by atoms with Crippen molar-refractivity contribution in [2.45, 2.75) is 20.0 Å². The first-order valence-electron chi connectivity index (χ1n) is 5.50. The van der Waals surface area contributed by atoms with Crippen molar-refractivity contribution in [1.82, 2.24) is 10.6 Å². The minimum atomic E-state index is -0.814. The summed E-state index contributed by atoms with van der Waals surface area (Å²) >= 11 is 0. The van der Waals surface area contributed by atoms with Crippen molar-refractivity contribution in [3.05, 3.63) is 23.8 Å². The smallest absolute Gasteiger partial charge is 0.321 e. The molecular weight excluding hydrogens is 234 g/mol. The van der Waals surface area contributed by atoms with Gasteiger partial charge in [-0.05, 0) is 25.5 Å². The number of nitrogens with two attached hydrogens (primary N) is 1. The van der Waals surface area contributed by atoms with Crippen LogP contribution in [0.15, 0.2) is 18.2 Å². The third kappa shape index (κ3) is 3.38. The van der Waals surface area contributed by atoms with E-state index < -0.39 is 18.0 Å². The van der Waals surface area contributed by atoms with Gasteiger partial charge in [-0.25, -0.2) is 4.79 Å². The summed E-state index contributed by atoms with van der Waals surface area (Å²) < 4.78 is 5.47. The Hall–Kier alpha value is -2.24. The fourth-order valence-electron chi connectivity index (χ4n) is 1.34. The Kier molecular flexibility index (Phi) is 4.53. The number of para-hydroxylation sites is 1. The molecule has 6 nitrogen and oxygen atoms in total. The number of anilines is 1. The maximum absolute atomic E-state index is 11.6. The van der Waals surface area contributed by atoms with Gasteiger partial charge in [0.1, 0.15) is 5.75 Å². The van der Waals surface area contributed by atoms with Gasteiger partial charge in [0.15, 0.2) is 6.10 Å². The Balaban J connectivity index is 2.72. The van der Waals surface area contributed by atoms with Crippen molar-refractivity contribution in [3.63, 3.8) is 0 Å². The van der Waals surface area contributed by atoms with E-state index in [4.69, 9.17) is 10.5 Å². The molecule has 3 amide bonds. The lowest BCUT2D eigenvalue weighted by Gasteiger charge is -2.17. The van der Waals surface area contributed by atoms with E-state index in [1.165, 1.54) is 7.05 Å². The van der Waals surface area contributed by atoms with Gasteiger partial charge in [-0.3, -0.25) is 10.1 Å². The first kappa shape index (κ1) is 13.8. The van der Waals surface area contributed by atoms with E-state index in [-0.39, 0.29) is 0 Å². The number of nitrogen functional groups attached to an aromatic ring is 1. The van der Waals surface area contributed by atoms with Crippen LogP contribution >= 0.6 is 0 Å². The summed E-state index contributed by atoms with van der Waals surface area (Å²) in [5, 5.41) is 4.42. The molecule has 0 spiro atoms. The number of hydrogen-bond acceptors (Lipinski definition) is 4. The first-order chi connectivity index (χ1) is 8.45. The highest BCUT2D eigenvalue weighted by Crippen LogP contribution is 2.26. The summed E-state index contributed by atoms with van der Waals surface area (Å²) in [5.74, 6) is -0.0749. The zero-order chi connectivity index (χ0) is 13.7. The number of ether oxygens (including phenoxy) is 1. The minimum absolute atomic E-state index is 0.453. The number of aryl methyl sites for hydroxylation is 1. The fraction of sp³-hybridized carbons (Fsp3) is 0.333. The number of benzene rings is 1. The van der Waals surface area contributed by atoms with Gasteiger partial charge >= 0.3 is 6.03 Å². The highest BCUT2D eigenvalue weighted by Gasteiger charge is 2.18. The molecule has 1 atom stereocenters. The number of rotatable bonds is 3. The standard InChI is InChI=1S/C12H17N3O3/c1-7-5-4-6-9(13)10(7)18-8(2)11(16)15-12(17)14-3/h4-6,8H,13H2,1-3H3,(H2,14,15,16,17). The number of amides is 3. The highest BCUT2D eigenvalue weighted by atomic mass is 16.5. The Morgan fingerprint density at radius 3 is 2.61 bits per heavy atom. The molecule has 6 heteroatoms. The number of urea groups is 1. The van der Waals surface area contributed by atoms with Gasteiger partial charge in [-0.1, -0.05) is 12.1 Å². The maximum atomic E-state index is 11.6. The van der Waals surface area contributed by atoms with Crippen LogP contribution < -0.4 is 21.1 Å². The van der Waals surface area contributed by atoms with Gasteiger partial charge in [0.25, 0.3) is 5.91 Å². The number of carbonyl (C=O) groups is 2. The largest absolute Gasteiger partial charge is 0.478 e. The number of carbonyl (C=O) groups excluding carboxylic acids is 2. The van der Waals surface area contributed by atoms with Gasteiger partial charge in [0.05, 0.1) is 5.69 Å². The number of imide groups is 1. The zero-order valence-electron chi connectivity index (χ0n) is 10.6. The second kappa shape index (κ2) is 5.90. The van der Waals surface area contributed by atoms with Gasteiger partial charge in [0, 0.05) is 7.05 Å².